The highest BCUT2D eigenvalue weighted by Crippen LogP contribution is 2.26. The van der Waals surface area contributed by atoms with E-state index in [2.05, 4.69) is 11.3 Å². The molecule has 1 radical (unpaired) electrons. The van der Waals surface area contributed by atoms with E-state index in [-0.39, 0.29) is 5.82 Å². The SMILES string of the molecule is Nc1ccc(F)cc1N1C[CH]CC1. The lowest BCUT2D eigenvalue weighted by Gasteiger charge is -2.19. The molecule has 2 rings (SSSR count). The van der Waals surface area contributed by atoms with Crippen molar-refractivity contribution in [1.82, 2.24) is 0 Å². The summed E-state index contributed by atoms with van der Waals surface area (Å²) in [5.74, 6) is -0.226. The van der Waals surface area contributed by atoms with E-state index in [1.165, 1.54) is 12.1 Å². The highest BCUT2D eigenvalue weighted by molar-refractivity contribution is 5.68. The molecular weight excluding hydrogens is 167 g/mol. The topological polar surface area (TPSA) is 29.3 Å². The molecule has 1 fully saturated rings. The zero-order valence-electron chi connectivity index (χ0n) is 7.33. The molecular formula is C10H12FN2. The van der Waals surface area contributed by atoms with Crippen LogP contribution in [0.3, 0.4) is 0 Å². The molecule has 0 unspecified atom stereocenters. The van der Waals surface area contributed by atoms with E-state index in [0.717, 1.165) is 25.2 Å². The van der Waals surface area contributed by atoms with Crippen LogP contribution in [0.2, 0.25) is 0 Å². The molecule has 1 aliphatic heterocycles. The predicted molar refractivity (Wildman–Crippen MR) is 51.9 cm³/mol. The summed E-state index contributed by atoms with van der Waals surface area (Å²) in [7, 11) is 0. The van der Waals surface area contributed by atoms with Crippen molar-refractivity contribution in [3.05, 3.63) is 30.4 Å². The lowest BCUT2D eigenvalue weighted by Crippen LogP contribution is -2.19. The van der Waals surface area contributed by atoms with Crippen LogP contribution in [0.1, 0.15) is 6.42 Å². The highest BCUT2D eigenvalue weighted by Gasteiger charge is 2.15. The molecule has 2 N–H and O–H groups in total. The fourth-order valence-corrected chi connectivity index (χ4v) is 1.60. The summed E-state index contributed by atoms with van der Waals surface area (Å²) in [6, 6.07) is 4.50. The summed E-state index contributed by atoms with van der Waals surface area (Å²) in [4.78, 5) is 2.08. The summed E-state index contributed by atoms with van der Waals surface area (Å²) in [6.45, 7) is 1.81. The third-order valence-corrected chi connectivity index (χ3v) is 2.29. The molecule has 0 saturated carbocycles. The number of hydrogen-bond acceptors (Lipinski definition) is 2. The van der Waals surface area contributed by atoms with Crippen molar-refractivity contribution in [3.8, 4) is 0 Å². The summed E-state index contributed by atoms with van der Waals surface area (Å²) in [5, 5.41) is 0. The molecule has 3 heteroatoms. The van der Waals surface area contributed by atoms with Crippen molar-refractivity contribution in [3.63, 3.8) is 0 Å². The Hall–Kier alpha value is -1.25. The summed E-state index contributed by atoms with van der Waals surface area (Å²) in [6.07, 6.45) is 3.22. The maximum Gasteiger partial charge on any atom is 0.125 e. The van der Waals surface area contributed by atoms with Gasteiger partial charge in [0.1, 0.15) is 5.82 Å². The van der Waals surface area contributed by atoms with E-state index < -0.39 is 0 Å². The Balaban J connectivity index is 2.32. The van der Waals surface area contributed by atoms with Gasteiger partial charge in [0.05, 0.1) is 11.4 Å². The number of anilines is 2. The Bertz CT molecular complexity index is 306. The number of hydrogen-bond donors (Lipinski definition) is 1. The molecule has 1 aromatic rings. The normalized spacial score (nSPS) is 16.5. The van der Waals surface area contributed by atoms with Gasteiger partial charge in [-0.3, -0.25) is 0 Å². The molecule has 0 amide bonds. The first-order valence-electron chi connectivity index (χ1n) is 4.39. The Morgan fingerprint density at radius 3 is 2.92 bits per heavy atom. The van der Waals surface area contributed by atoms with Crippen LogP contribution in [0.25, 0.3) is 0 Å². The Morgan fingerprint density at radius 2 is 2.23 bits per heavy atom. The second-order valence-electron chi connectivity index (χ2n) is 3.23. The standard InChI is InChI=1S/C10H12FN2/c11-8-3-4-9(12)10(7-8)13-5-1-2-6-13/h1,3-4,7H,2,5-6,12H2. The smallest absolute Gasteiger partial charge is 0.125 e. The molecule has 0 aromatic heterocycles. The average molecular weight is 179 g/mol. The minimum Gasteiger partial charge on any atom is -0.397 e. The van der Waals surface area contributed by atoms with E-state index in [9.17, 15) is 4.39 Å². The molecule has 2 nitrogen and oxygen atoms in total. The molecule has 1 saturated heterocycles. The van der Waals surface area contributed by atoms with Crippen LogP contribution in [0.4, 0.5) is 15.8 Å². The Kier molecular flexibility index (Phi) is 2.08. The first-order chi connectivity index (χ1) is 6.27. The molecule has 13 heavy (non-hydrogen) atoms. The van der Waals surface area contributed by atoms with Gasteiger partial charge in [0.15, 0.2) is 0 Å². The van der Waals surface area contributed by atoms with Gasteiger partial charge in [-0.2, -0.15) is 0 Å². The van der Waals surface area contributed by atoms with E-state index in [0.29, 0.717) is 5.69 Å². The zero-order chi connectivity index (χ0) is 9.26. The molecule has 1 aliphatic rings. The van der Waals surface area contributed by atoms with Crippen molar-refractivity contribution in [2.75, 3.05) is 23.7 Å². The summed E-state index contributed by atoms with van der Waals surface area (Å²) < 4.78 is 12.9. The van der Waals surface area contributed by atoms with Gasteiger partial charge in [-0.05, 0) is 31.0 Å². The van der Waals surface area contributed by atoms with Crippen LogP contribution in [-0.4, -0.2) is 13.1 Å². The first-order valence-corrected chi connectivity index (χ1v) is 4.39. The van der Waals surface area contributed by atoms with E-state index in [4.69, 9.17) is 5.73 Å². The van der Waals surface area contributed by atoms with Gasteiger partial charge >= 0.3 is 0 Å². The van der Waals surface area contributed by atoms with Gasteiger partial charge in [0, 0.05) is 13.1 Å². The van der Waals surface area contributed by atoms with Gasteiger partial charge in [-0.25, -0.2) is 4.39 Å². The van der Waals surface area contributed by atoms with Crippen molar-refractivity contribution >= 4 is 11.4 Å². The summed E-state index contributed by atoms with van der Waals surface area (Å²) in [5.41, 5.74) is 7.21. The Labute approximate surface area is 77.2 Å². The van der Waals surface area contributed by atoms with Gasteiger partial charge in [-0.1, -0.05) is 0 Å². The number of benzene rings is 1. The van der Waals surface area contributed by atoms with Crippen LogP contribution >= 0.6 is 0 Å². The second kappa shape index (κ2) is 3.24. The fraction of sp³-hybridized carbons (Fsp3) is 0.300. The third kappa shape index (κ3) is 1.59. The number of nitrogens with two attached hydrogens (primary N) is 1. The zero-order valence-corrected chi connectivity index (χ0v) is 7.33. The van der Waals surface area contributed by atoms with Crippen LogP contribution in [0, 0.1) is 12.2 Å². The predicted octanol–water partition coefficient (Wildman–Crippen LogP) is 1.82. The number of halogens is 1. The average Bonchev–Trinajstić information content (AvgIpc) is 2.61. The fourth-order valence-electron chi connectivity index (χ4n) is 1.60. The van der Waals surface area contributed by atoms with E-state index in [1.54, 1.807) is 6.07 Å². The van der Waals surface area contributed by atoms with E-state index in [1.807, 2.05) is 0 Å². The van der Waals surface area contributed by atoms with Gasteiger partial charge < -0.3 is 10.6 Å². The molecule has 0 spiro atoms. The quantitative estimate of drug-likeness (QED) is 0.666. The minimum atomic E-state index is -0.226. The lowest BCUT2D eigenvalue weighted by molar-refractivity contribution is 0.627. The third-order valence-electron chi connectivity index (χ3n) is 2.29. The minimum absolute atomic E-state index is 0.226. The van der Waals surface area contributed by atoms with Crippen molar-refractivity contribution in [1.29, 1.82) is 0 Å². The molecule has 0 atom stereocenters. The van der Waals surface area contributed by atoms with Crippen molar-refractivity contribution in [2.24, 2.45) is 0 Å². The molecule has 69 valence electrons. The first kappa shape index (κ1) is 8.35. The Morgan fingerprint density at radius 1 is 1.38 bits per heavy atom. The lowest BCUT2D eigenvalue weighted by atomic mass is 10.2. The second-order valence-corrected chi connectivity index (χ2v) is 3.23. The maximum absolute atomic E-state index is 12.9. The summed E-state index contributed by atoms with van der Waals surface area (Å²) >= 11 is 0. The number of nitrogen functional groups attached to an aromatic ring is 1. The van der Waals surface area contributed by atoms with Crippen LogP contribution in [0.5, 0.6) is 0 Å². The molecule has 0 bridgehead atoms. The molecule has 1 aromatic carbocycles. The molecule has 1 heterocycles. The van der Waals surface area contributed by atoms with Gasteiger partial charge in [0.2, 0.25) is 0 Å². The van der Waals surface area contributed by atoms with Crippen LogP contribution in [0.15, 0.2) is 18.2 Å². The van der Waals surface area contributed by atoms with E-state index >= 15 is 0 Å². The maximum atomic E-state index is 12.9. The number of rotatable bonds is 1. The van der Waals surface area contributed by atoms with Crippen molar-refractivity contribution < 1.29 is 4.39 Å². The largest absolute Gasteiger partial charge is 0.397 e. The van der Waals surface area contributed by atoms with Crippen LogP contribution < -0.4 is 10.6 Å². The van der Waals surface area contributed by atoms with Crippen molar-refractivity contribution in [2.45, 2.75) is 6.42 Å². The molecule has 0 aliphatic carbocycles. The van der Waals surface area contributed by atoms with Gasteiger partial charge in [-0.15, -0.1) is 0 Å². The van der Waals surface area contributed by atoms with Gasteiger partial charge in [0.25, 0.3) is 0 Å². The number of nitrogens with zero attached hydrogens (tertiary/aromatic N) is 1. The highest BCUT2D eigenvalue weighted by atomic mass is 19.1. The van der Waals surface area contributed by atoms with Crippen LogP contribution in [-0.2, 0) is 0 Å². The monoisotopic (exact) mass is 179 g/mol.